The van der Waals surface area contributed by atoms with Crippen molar-refractivity contribution < 1.29 is 29.3 Å². The minimum Gasteiger partial charge on any atom is -0.480 e. The van der Waals surface area contributed by atoms with E-state index in [-0.39, 0.29) is 37.8 Å². The van der Waals surface area contributed by atoms with Gasteiger partial charge in [-0.1, -0.05) is 48.5 Å². The van der Waals surface area contributed by atoms with Gasteiger partial charge in [-0.05, 0) is 28.3 Å². The lowest BCUT2D eigenvalue weighted by Gasteiger charge is -2.14. The fourth-order valence-electron chi connectivity index (χ4n) is 4.26. The molecule has 4 N–H and O–H groups in total. The molecule has 1 unspecified atom stereocenters. The van der Waals surface area contributed by atoms with Crippen molar-refractivity contribution in [2.75, 3.05) is 13.2 Å². The Hall–Kier alpha value is -4.18. The molecule has 1 aliphatic rings. The summed E-state index contributed by atoms with van der Waals surface area (Å²) in [6, 6.07) is 16.3. The van der Waals surface area contributed by atoms with E-state index in [2.05, 4.69) is 27.9 Å². The third kappa shape index (κ3) is 5.17. The standard InChI is InChI=1S/C25H26N4O6/c1-29-22(23(31)27-21(10-11-30)24(32)33)12-15(28-29)13-26-25(34)35-14-20-18-8-4-2-6-16(18)17-7-3-5-9-19(17)20/h2-9,12,20-21,30H,10-11,13-14H2,1H3,(H,26,34)(H,27,31)(H,32,33). The van der Waals surface area contributed by atoms with Crippen LogP contribution in [-0.2, 0) is 23.1 Å². The van der Waals surface area contributed by atoms with E-state index in [0.29, 0.717) is 5.69 Å². The van der Waals surface area contributed by atoms with Crippen molar-refractivity contribution in [2.24, 2.45) is 7.05 Å². The summed E-state index contributed by atoms with van der Waals surface area (Å²) in [5, 5.41) is 27.3. The first-order valence-electron chi connectivity index (χ1n) is 11.1. The molecule has 35 heavy (non-hydrogen) atoms. The van der Waals surface area contributed by atoms with Crippen LogP contribution in [0.2, 0.25) is 0 Å². The Morgan fingerprint density at radius 1 is 1.09 bits per heavy atom. The second kappa shape index (κ2) is 10.4. The average Bonchev–Trinajstić information content (AvgIpc) is 3.38. The fraction of sp³-hybridized carbons (Fsp3) is 0.280. The second-order valence-electron chi connectivity index (χ2n) is 8.20. The highest BCUT2D eigenvalue weighted by Gasteiger charge is 2.29. The monoisotopic (exact) mass is 478 g/mol. The van der Waals surface area contributed by atoms with Gasteiger partial charge in [0.05, 0.1) is 12.2 Å². The highest BCUT2D eigenvalue weighted by atomic mass is 16.5. The van der Waals surface area contributed by atoms with Crippen LogP contribution in [0, 0.1) is 0 Å². The molecule has 0 aliphatic heterocycles. The molecule has 2 aromatic carbocycles. The minimum absolute atomic E-state index is 0.0246. The van der Waals surface area contributed by atoms with E-state index in [0.717, 1.165) is 22.3 Å². The van der Waals surface area contributed by atoms with Gasteiger partial charge in [0.25, 0.3) is 5.91 Å². The molecular formula is C25H26N4O6. The number of aryl methyl sites for hydroxylation is 1. The number of hydrogen-bond donors (Lipinski definition) is 4. The summed E-state index contributed by atoms with van der Waals surface area (Å²) in [4.78, 5) is 36.0. The molecular weight excluding hydrogens is 452 g/mol. The zero-order valence-electron chi connectivity index (χ0n) is 19.1. The average molecular weight is 479 g/mol. The Morgan fingerprint density at radius 3 is 2.31 bits per heavy atom. The molecule has 1 aliphatic carbocycles. The van der Waals surface area contributed by atoms with Crippen LogP contribution < -0.4 is 10.6 Å². The third-order valence-corrected chi connectivity index (χ3v) is 5.94. The number of carboxylic acid groups (broad SMARTS) is 1. The SMILES string of the molecule is Cn1nc(CNC(=O)OCC2c3ccccc3-c3ccccc32)cc1C(=O)NC(CCO)C(=O)O. The van der Waals surface area contributed by atoms with Crippen LogP contribution in [0.25, 0.3) is 11.1 Å². The lowest BCUT2D eigenvalue weighted by molar-refractivity contribution is -0.139. The number of aliphatic hydroxyl groups is 1. The van der Waals surface area contributed by atoms with E-state index in [1.807, 2.05) is 36.4 Å². The fourth-order valence-corrected chi connectivity index (χ4v) is 4.26. The molecule has 10 heteroatoms. The van der Waals surface area contributed by atoms with Gasteiger partial charge in [0.1, 0.15) is 18.3 Å². The number of fused-ring (bicyclic) bond motifs is 3. The van der Waals surface area contributed by atoms with Crippen LogP contribution >= 0.6 is 0 Å². The third-order valence-electron chi connectivity index (χ3n) is 5.94. The lowest BCUT2D eigenvalue weighted by Crippen LogP contribution is -2.42. The summed E-state index contributed by atoms with van der Waals surface area (Å²) >= 11 is 0. The number of ether oxygens (including phenoxy) is 1. The number of aromatic nitrogens is 2. The van der Waals surface area contributed by atoms with Gasteiger partial charge in [0, 0.05) is 26.0 Å². The molecule has 0 saturated carbocycles. The first-order chi connectivity index (χ1) is 16.9. The molecule has 0 spiro atoms. The molecule has 4 rings (SSSR count). The first kappa shape index (κ1) is 24.0. The van der Waals surface area contributed by atoms with Gasteiger partial charge in [-0.3, -0.25) is 9.48 Å². The number of hydrogen-bond acceptors (Lipinski definition) is 6. The molecule has 1 aromatic heterocycles. The van der Waals surface area contributed by atoms with Crippen LogP contribution in [0.3, 0.4) is 0 Å². The maximum absolute atomic E-state index is 12.4. The van der Waals surface area contributed by atoms with Crippen LogP contribution in [-0.4, -0.2) is 57.2 Å². The van der Waals surface area contributed by atoms with Crippen molar-refractivity contribution >= 4 is 18.0 Å². The first-order valence-corrected chi connectivity index (χ1v) is 11.1. The van der Waals surface area contributed by atoms with Crippen molar-refractivity contribution in [1.82, 2.24) is 20.4 Å². The Morgan fingerprint density at radius 2 is 1.71 bits per heavy atom. The molecule has 10 nitrogen and oxygen atoms in total. The Bertz CT molecular complexity index is 1210. The molecule has 0 bridgehead atoms. The maximum Gasteiger partial charge on any atom is 0.407 e. The largest absolute Gasteiger partial charge is 0.480 e. The highest BCUT2D eigenvalue weighted by molar-refractivity contribution is 5.95. The zero-order chi connectivity index (χ0) is 24.9. The number of carbonyl (C=O) groups excluding carboxylic acids is 2. The molecule has 1 heterocycles. The molecule has 0 saturated heterocycles. The number of carboxylic acids is 1. The van der Waals surface area contributed by atoms with Crippen molar-refractivity contribution in [3.8, 4) is 11.1 Å². The summed E-state index contributed by atoms with van der Waals surface area (Å²) in [5.41, 5.74) is 5.03. The predicted octanol–water partition coefficient (Wildman–Crippen LogP) is 2.02. The van der Waals surface area contributed by atoms with Crippen LogP contribution in [0.5, 0.6) is 0 Å². The van der Waals surface area contributed by atoms with E-state index in [1.165, 1.54) is 17.8 Å². The van der Waals surface area contributed by atoms with Crippen molar-refractivity contribution in [1.29, 1.82) is 0 Å². The van der Waals surface area contributed by atoms with Gasteiger partial charge in [0.2, 0.25) is 0 Å². The van der Waals surface area contributed by atoms with Gasteiger partial charge in [-0.25, -0.2) is 9.59 Å². The summed E-state index contributed by atoms with van der Waals surface area (Å²) < 4.78 is 6.79. The molecule has 2 amide bonds. The smallest absolute Gasteiger partial charge is 0.407 e. The van der Waals surface area contributed by atoms with Gasteiger partial charge in [-0.15, -0.1) is 0 Å². The van der Waals surface area contributed by atoms with Gasteiger partial charge in [0.15, 0.2) is 0 Å². The van der Waals surface area contributed by atoms with Gasteiger partial charge < -0.3 is 25.6 Å². The summed E-state index contributed by atoms with van der Waals surface area (Å²) in [7, 11) is 1.54. The van der Waals surface area contributed by atoms with Gasteiger partial charge in [-0.2, -0.15) is 5.10 Å². The predicted molar refractivity (Wildman–Crippen MR) is 126 cm³/mol. The number of benzene rings is 2. The van der Waals surface area contributed by atoms with Crippen molar-refractivity contribution in [2.45, 2.75) is 24.9 Å². The Kier molecular flexibility index (Phi) is 7.11. The van der Waals surface area contributed by atoms with Crippen LogP contribution in [0.15, 0.2) is 54.6 Å². The van der Waals surface area contributed by atoms with Crippen molar-refractivity contribution in [3.05, 3.63) is 77.1 Å². The maximum atomic E-state index is 12.4. The number of aliphatic hydroxyl groups excluding tert-OH is 1. The number of nitrogens with one attached hydrogen (secondary N) is 2. The molecule has 0 fully saturated rings. The lowest BCUT2D eigenvalue weighted by atomic mass is 9.98. The summed E-state index contributed by atoms with van der Waals surface area (Å²) in [6.07, 6.45) is -0.729. The Labute approximate surface area is 201 Å². The normalized spacial score (nSPS) is 13.0. The van der Waals surface area contributed by atoms with E-state index in [4.69, 9.17) is 14.9 Å². The van der Waals surface area contributed by atoms with Crippen molar-refractivity contribution in [3.63, 3.8) is 0 Å². The quantitative estimate of drug-likeness (QED) is 0.368. The molecule has 0 radical (unpaired) electrons. The van der Waals surface area contributed by atoms with E-state index in [9.17, 15) is 14.4 Å². The van der Waals surface area contributed by atoms with Crippen LogP contribution in [0.1, 0.15) is 39.6 Å². The summed E-state index contributed by atoms with van der Waals surface area (Å²) in [5.74, 6) is -1.95. The number of carbonyl (C=O) groups is 3. The molecule has 1 atom stereocenters. The molecule has 182 valence electrons. The number of alkyl carbamates (subject to hydrolysis) is 1. The summed E-state index contributed by atoms with van der Waals surface area (Å²) in [6.45, 7) is -0.175. The highest BCUT2D eigenvalue weighted by Crippen LogP contribution is 2.44. The molecule has 3 aromatic rings. The van der Waals surface area contributed by atoms with E-state index in [1.54, 1.807) is 0 Å². The number of nitrogens with zero attached hydrogens (tertiary/aromatic N) is 2. The zero-order valence-corrected chi connectivity index (χ0v) is 19.1. The van der Waals surface area contributed by atoms with E-state index >= 15 is 0 Å². The van der Waals surface area contributed by atoms with Gasteiger partial charge >= 0.3 is 12.1 Å². The number of aliphatic carboxylic acids is 1. The van der Waals surface area contributed by atoms with Crippen LogP contribution in [0.4, 0.5) is 4.79 Å². The topological polar surface area (TPSA) is 143 Å². The second-order valence-corrected chi connectivity index (χ2v) is 8.20. The number of rotatable bonds is 9. The Balaban J connectivity index is 1.34. The van der Waals surface area contributed by atoms with E-state index < -0.39 is 24.0 Å². The number of amides is 2. The minimum atomic E-state index is -1.24.